The van der Waals surface area contributed by atoms with Crippen molar-refractivity contribution in [2.75, 3.05) is 32.7 Å². The molecule has 3 heterocycles. The summed E-state index contributed by atoms with van der Waals surface area (Å²) in [5, 5.41) is 4.68. The molecule has 2 aromatic rings. The summed E-state index contributed by atoms with van der Waals surface area (Å²) in [6, 6.07) is -0.270. The lowest BCUT2D eigenvalue weighted by molar-refractivity contribution is -0.148. The number of thiazole rings is 1. The second-order valence-electron chi connectivity index (χ2n) is 5.36. The Bertz CT molecular complexity index is 646. The summed E-state index contributed by atoms with van der Waals surface area (Å²) in [4.78, 5) is 20.1. The van der Waals surface area contributed by atoms with Crippen molar-refractivity contribution in [1.82, 2.24) is 24.5 Å². The van der Waals surface area contributed by atoms with Crippen LogP contribution in [0, 0.1) is 0 Å². The minimum Gasteiger partial charge on any atom is -0.332 e. The molecule has 126 valence electrons. The summed E-state index contributed by atoms with van der Waals surface area (Å²) >= 11 is 1.51. The van der Waals surface area contributed by atoms with Gasteiger partial charge in [0.25, 0.3) is 0 Å². The Hall–Kier alpha value is -1.81. The number of imidazole rings is 1. The van der Waals surface area contributed by atoms with Crippen molar-refractivity contribution < 1.29 is 18.0 Å². The van der Waals surface area contributed by atoms with Crippen LogP contribution in [0.15, 0.2) is 17.8 Å². The molecule has 1 N–H and O–H groups in total. The van der Waals surface area contributed by atoms with Crippen LogP contribution in [0.4, 0.5) is 18.0 Å². The summed E-state index contributed by atoms with van der Waals surface area (Å²) in [5.74, 6) is 0. The molecule has 0 saturated carbocycles. The number of alkyl halides is 3. The summed E-state index contributed by atoms with van der Waals surface area (Å²) in [6.45, 7) is 0.421. The monoisotopic (exact) mass is 347 g/mol. The van der Waals surface area contributed by atoms with Gasteiger partial charge in [-0.05, 0) is 0 Å². The van der Waals surface area contributed by atoms with Crippen molar-refractivity contribution in [3.63, 3.8) is 0 Å². The van der Waals surface area contributed by atoms with Crippen molar-refractivity contribution in [3.05, 3.63) is 23.5 Å². The third kappa shape index (κ3) is 4.14. The number of hydrogen-bond donors (Lipinski definition) is 1. The van der Waals surface area contributed by atoms with Gasteiger partial charge in [0, 0.05) is 44.0 Å². The van der Waals surface area contributed by atoms with Gasteiger partial charge in [-0.15, -0.1) is 11.3 Å². The molecule has 0 bridgehead atoms. The highest BCUT2D eigenvalue weighted by Gasteiger charge is 2.32. The molecule has 0 aliphatic carbocycles. The number of halogens is 3. The number of urea groups is 1. The second kappa shape index (κ2) is 6.36. The molecule has 2 aromatic heterocycles. The van der Waals surface area contributed by atoms with E-state index in [1.807, 2.05) is 22.2 Å². The van der Waals surface area contributed by atoms with Crippen LogP contribution in [0.1, 0.15) is 5.69 Å². The van der Waals surface area contributed by atoms with Crippen molar-refractivity contribution in [2.24, 2.45) is 0 Å². The maximum absolute atomic E-state index is 12.3. The minimum atomic E-state index is -4.20. The molecule has 10 heteroatoms. The van der Waals surface area contributed by atoms with E-state index < -0.39 is 12.7 Å². The molecule has 0 radical (unpaired) electrons. The van der Waals surface area contributed by atoms with Crippen molar-refractivity contribution in [3.8, 4) is 0 Å². The Labute approximate surface area is 134 Å². The number of nitrogens with zero attached hydrogens (tertiary/aromatic N) is 4. The number of carbonyl (C=O) groups is 1. The lowest BCUT2D eigenvalue weighted by Gasteiger charge is -2.34. The molecule has 23 heavy (non-hydrogen) atoms. The highest BCUT2D eigenvalue weighted by Crippen LogP contribution is 2.17. The van der Waals surface area contributed by atoms with Gasteiger partial charge in [0.1, 0.15) is 0 Å². The third-order valence-electron chi connectivity index (χ3n) is 3.63. The first-order valence-corrected chi connectivity index (χ1v) is 8.02. The van der Waals surface area contributed by atoms with Crippen LogP contribution < -0.4 is 5.32 Å². The number of fused-ring (bicyclic) bond motifs is 1. The van der Waals surface area contributed by atoms with Crippen LogP contribution >= 0.6 is 11.3 Å². The maximum Gasteiger partial charge on any atom is 0.401 e. The average molecular weight is 347 g/mol. The molecule has 0 spiro atoms. The van der Waals surface area contributed by atoms with Gasteiger partial charge in [0.15, 0.2) is 4.96 Å². The Kier molecular flexibility index (Phi) is 4.44. The average Bonchev–Trinajstić information content (AvgIpc) is 3.04. The van der Waals surface area contributed by atoms with E-state index in [4.69, 9.17) is 0 Å². The van der Waals surface area contributed by atoms with Gasteiger partial charge in [-0.1, -0.05) is 0 Å². The molecule has 0 aromatic carbocycles. The molecule has 1 fully saturated rings. The van der Waals surface area contributed by atoms with Gasteiger partial charge < -0.3 is 10.2 Å². The van der Waals surface area contributed by atoms with Crippen LogP contribution in [-0.4, -0.2) is 64.1 Å². The number of amides is 2. The molecule has 0 unspecified atom stereocenters. The van der Waals surface area contributed by atoms with Gasteiger partial charge in [-0.2, -0.15) is 13.2 Å². The second-order valence-corrected chi connectivity index (χ2v) is 6.24. The van der Waals surface area contributed by atoms with Gasteiger partial charge in [-0.3, -0.25) is 9.30 Å². The van der Waals surface area contributed by atoms with E-state index in [-0.39, 0.29) is 19.1 Å². The van der Waals surface area contributed by atoms with Crippen molar-refractivity contribution in [1.29, 1.82) is 0 Å². The maximum atomic E-state index is 12.3. The molecule has 0 atom stereocenters. The van der Waals surface area contributed by atoms with Gasteiger partial charge in [-0.25, -0.2) is 9.78 Å². The molecular formula is C13H16F3N5OS. The molecule has 2 amide bonds. The van der Waals surface area contributed by atoms with E-state index in [0.29, 0.717) is 19.6 Å². The fourth-order valence-electron chi connectivity index (χ4n) is 2.50. The zero-order chi connectivity index (χ0) is 16.4. The Morgan fingerprint density at radius 2 is 2.04 bits per heavy atom. The Morgan fingerprint density at radius 3 is 2.70 bits per heavy atom. The fraction of sp³-hybridized carbons (Fsp3) is 0.538. The first-order chi connectivity index (χ1) is 10.9. The lowest BCUT2D eigenvalue weighted by atomic mass is 10.3. The number of piperazine rings is 1. The first kappa shape index (κ1) is 16.1. The minimum absolute atomic E-state index is 0.229. The quantitative estimate of drug-likeness (QED) is 0.921. The van der Waals surface area contributed by atoms with E-state index >= 15 is 0 Å². The third-order valence-corrected chi connectivity index (χ3v) is 4.40. The molecule has 1 saturated heterocycles. The highest BCUT2D eigenvalue weighted by atomic mass is 32.1. The molecule has 1 aliphatic heterocycles. The van der Waals surface area contributed by atoms with Crippen molar-refractivity contribution in [2.45, 2.75) is 12.7 Å². The zero-order valence-electron chi connectivity index (χ0n) is 12.2. The number of rotatable bonds is 3. The molecule has 3 rings (SSSR count). The SMILES string of the molecule is O=C(NCc1cn2ccsc2n1)N1CCN(CC(F)(F)F)CC1. The van der Waals surface area contributed by atoms with E-state index in [9.17, 15) is 18.0 Å². The van der Waals surface area contributed by atoms with Crippen molar-refractivity contribution >= 4 is 22.3 Å². The lowest BCUT2D eigenvalue weighted by Crippen LogP contribution is -2.53. The van der Waals surface area contributed by atoms with Crippen LogP contribution in [0.3, 0.4) is 0 Å². The smallest absolute Gasteiger partial charge is 0.332 e. The Morgan fingerprint density at radius 1 is 1.30 bits per heavy atom. The largest absolute Gasteiger partial charge is 0.401 e. The summed E-state index contributed by atoms with van der Waals surface area (Å²) in [6.07, 6.45) is -0.468. The van der Waals surface area contributed by atoms with Gasteiger partial charge in [0.05, 0.1) is 18.8 Å². The number of nitrogens with one attached hydrogen (secondary N) is 1. The summed E-state index contributed by atoms with van der Waals surface area (Å²) < 4.78 is 38.8. The van der Waals surface area contributed by atoms with E-state index in [1.54, 1.807) is 0 Å². The molecule has 1 aliphatic rings. The van der Waals surface area contributed by atoms with Gasteiger partial charge in [0.2, 0.25) is 0 Å². The van der Waals surface area contributed by atoms with E-state index in [0.717, 1.165) is 10.7 Å². The molecular weight excluding hydrogens is 331 g/mol. The number of aromatic nitrogens is 2. The van der Waals surface area contributed by atoms with Crippen LogP contribution in [0.2, 0.25) is 0 Å². The van der Waals surface area contributed by atoms with E-state index in [1.165, 1.54) is 21.1 Å². The Balaban J connectivity index is 1.45. The number of hydrogen-bond acceptors (Lipinski definition) is 4. The summed E-state index contributed by atoms with van der Waals surface area (Å²) in [7, 11) is 0. The first-order valence-electron chi connectivity index (χ1n) is 7.14. The highest BCUT2D eigenvalue weighted by molar-refractivity contribution is 7.15. The standard InChI is InChI=1S/C13H16F3N5OS/c14-13(15,16)9-19-1-3-20(4-2-19)11(22)17-7-10-8-21-5-6-23-12(21)18-10/h5-6,8H,1-4,7,9H2,(H,17,22). The van der Waals surface area contributed by atoms with Crippen LogP contribution in [-0.2, 0) is 6.54 Å². The van der Waals surface area contributed by atoms with Crippen LogP contribution in [0.5, 0.6) is 0 Å². The normalized spacial score (nSPS) is 16.9. The predicted molar refractivity (Wildman–Crippen MR) is 79.4 cm³/mol. The predicted octanol–water partition coefficient (Wildman–Crippen LogP) is 1.79. The fourth-order valence-corrected chi connectivity index (χ4v) is 3.22. The topological polar surface area (TPSA) is 52.9 Å². The number of carbonyl (C=O) groups excluding carboxylic acids is 1. The van der Waals surface area contributed by atoms with Crippen LogP contribution in [0.25, 0.3) is 4.96 Å². The van der Waals surface area contributed by atoms with E-state index in [2.05, 4.69) is 10.3 Å². The zero-order valence-corrected chi connectivity index (χ0v) is 13.0. The van der Waals surface area contributed by atoms with Gasteiger partial charge >= 0.3 is 12.2 Å². The summed E-state index contributed by atoms with van der Waals surface area (Å²) in [5.41, 5.74) is 0.751. The molecule has 6 nitrogen and oxygen atoms in total.